The summed E-state index contributed by atoms with van der Waals surface area (Å²) >= 11 is 1.55. The number of H-pyrrole nitrogens is 1. The van der Waals surface area contributed by atoms with Gasteiger partial charge in [-0.25, -0.2) is 14.4 Å². The van der Waals surface area contributed by atoms with Crippen LogP contribution in [0.25, 0.3) is 21.6 Å². The standard InChI is InChI=1S/C64H82F4N12O11S/c1-39-35-79(36-40(2)76(39)7)51-31-49(65)46(29-50(51)74-60(86)47-34-71-56(84)30-48(47)64(66,67)68)44-12-13-53(70-33-44)77-18-20-78(21-19-77)57(85)15-14-54(82)69-17-23-90-25-27-91-26-24-89-22-16-55(83)75-59(63(4,5)6)62(88)80-37-45(81)28-52(80)61(87)72-32-42-8-10-43(11-9-42)58-41(3)73-38-92-58/h8-13,29-31,33-34,38-40,45,52,59,81H,14-28,32,35-37H2,1-7H3,(H,69,82)(H,71,84)(H,72,87)(H,74,86)(H,75,83)/t39-,40+,45-,52+,59-/m1/s1. The Morgan fingerprint density at radius 1 is 0.793 bits per heavy atom. The second-order valence-electron chi connectivity index (χ2n) is 24.3. The van der Waals surface area contributed by atoms with Gasteiger partial charge in [0.1, 0.15) is 23.7 Å². The number of piperazine rings is 2. The third-order valence-corrected chi connectivity index (χ3v) is 17.6. The molecule has 6 N–H and O–H groups in total. The number of aliphatic hydroxyl groups is 1. The Morgan fingerprint density at radius 2 is 1.46 bits per heavy atom. The molecule has 3 fully saturated rings. The van der Waals surface area contributed by atoms with Crippen LogP contribution in [-0.2, 0) is 50.9 Å². The van der Waals surface area contributed by atoms with Crippen LogP contribution in [0.2, 0.25) is 0 Å². The molecule has 3 aromatic heterocycles. The normalized spacial score (nSPS) is 18.4. The van der Waals surface area contributed by atoms with Crippen molar-refractivity contribution in [3.8, 4) is 21.6 Å². The maximum atomic E-state index is 16.2. The summed E-state index contributed by atoms with van der Waals surface area (Å²) in [6.45, 7) is 15.4. The van der Waals surface area contributed by atoms with E-state index in [1.165, 1.54) is 23.2 Å². The molecule has 498 valence electrons. The lowest BCUT2D eigenvalue weighted by molar-refractivity contribution is -0.144. The summed E-state index contributed by atoms with van der Waals surface area (Å²) < 4.78 is 74.9. The minimum Gasteiger partial charge on any atom is -0.391 e. The van der Waals surface area contributed by atoms with Crippen molar-refractivity contribution in [1.82, 2.24) is 45.6 Å². The van der Waals surface area contributed by atoms with Crippen LogP contribution >= 0.6 is 11.3 Å². The highest BCUT2D eigenvalue weighted by Gasteiger charge is 2.45. The van der Waals surface area contributed by atoms with Crippen molar-refractivity contribution < 1.29 is 65.6 Å². The number of nitrogens with zero attached hydrogens (tertiary/aromatic N) is 7. The molecule has 3 aliphatic rings. The van der Waals surface area contributed by atoms with E-state index in [0.717, 1.165) is 21.7 Å². The van der Waals surface area contributed by atoms with E-state index in [0.29, 0.717) is 62.9 Å². The molecule has 3 saturated heterocycles. The third-order valence-electron chi connectivity index (χ3n) is 16.6. The number of aliphatic hydroxyl groups excluding tert-OH is 1. The van der Waals surface area contributed by atoms with Crippen LogP contribution in [0.5, 0.6) is 0 Å². The second kappa shape index (κ2) is 31.6. The number of aromatic amines is 1. The summed E-state index contributed by atoms with van der Waals surface area (Å²) in [6.07, 6.45) is -3.72. The number of likely N-dealkylation sites (N-methyl/N-ethyl adjacent to an activating group) is 1. The summed E-state index contributed by atoms with van der Waals surface area (Å²) in [6, 6.07) is 12.2. The number of hydrogen-bond donors (Lipinski definition) is 6. The minimum absolute atomic E-state index is 0.00473. The smallest absolute Gasteiger partial charge is 0.391 e. The molecule has 5 atom stereocenters. The number of hydrogen-bond acceptors (Lipinski definition) is 17. The average Bonchev–Trinajstić information content (AvgIpc) is 0.847. The number of rotatable bonds is 26. The van der Waals surface area contributed by atoms with E-state index >= 15 is 4.39 Å². The van der Waals surface area contributed by atoms with Crippen LogP contribution in [0.4, 0.5) is 34.8 Å². The number of aromatic nitrogens is 3. The number of carbonyl (C=O) groups excluding carboxylic acids is 6. The van der Waals surface area contributed by atoms with Gasteiger partial charge < -0.3 is 65.2 Å². The van der Waals surface area contributed by atoms with Gasteiger partial charge in [0.2, 0.25) is 35.1 Å². The van der Waals surface area contributed by atoms with Gasteiger partial charge in [0.25, 0.3) is 5.91 Å². The van der Waals surface area contributed by atoms with Gasteiger partial charge in [-0.05, 0) is 68.6 Å². The number of benzene rings is 2. The topological polar surface area (TPSA) is 273 Å². The van der Waals surface area contributed by atoms with Crippen molar-refractivity contribution >= 4 is 64.0 Å². The molecule has 0 spiro atoms. The van der Waals surface area contributed by atoms with Gasteiger partial charge in [-0.3, -0.25) is 38.5 Å². The van der Waals surface area contributed by atoms with Crippen molar-refractivity contribution in [2.45, 2.75) is 110 Å². The predicted molar refractivity (Wildman–Crippen MR) is 338 cm³/mol. The van der Waals surface area contributed by atoms with Crippen molar-refractivity contribution in [1.29, 1.82) is 0 Å². The highest BCUT2D eigenvalue weighted by Crippen LogP contribution is 2.38. The third kappa shape index (κ3) is 18.7. The number of anilines is 3. The van der Waals surface area contributed by atoms with Crippen LogP contribution in [0, 0.1) is 18.2 Å². The van der Waals surface area contributed by atoms with Crippen LogP contribution in [0.3, 0.4) is 0 Å². The maximum Gasteiger partial charge on any atom is 0.417 e. The first-order chi connectivity index (χ1) is 43.7. The molecule has 0 radical (unpaired) electrons. The first kappa shape index (κ1) is 70.0. The first-order valence-electron chi connectivity index (χ1n) is 30.7. The summed E-state index contributed by atoms with van der Waals surface area (Å²) in [7, 11) is 1.96. The average molecular weight is 1300 g/mol. The number of aryl methyl sites for hydroxylation is 1. The number of alkyl halides is 3. The fourth-order valence-corrected chi connectivity index (χ4v) is 12.0. The van der Waals surface area contributed by atoms with Gasteiger partial charge >= 0.3 is 6.18 Å². The molecule has 6 heterocycles. The zero-order chi connectivity index (χ0) is 66.4. The summed E-state index contributed by atoms with van der Waals surface area (Å²) in [5, 5.41) is 21.6. The highest BCUT2D eigenvalue weighted by atomic mass is 32.1. The number of nitrogens with one attached hydrogen (secondary N) is 5. The zero-order valence-corrected chi connectivity index (χ0v) is 53.6. The van der Waals surface area contributed by atoms with Gasteiger partial charge in [0.05, 0.1) is 84.3 Å². The van der Waals surface area contributed by atoms with Gasteiger partial charge in [0, 0.05) is 126 Å². The number of halogens is 4. The Labute approximate surface area is 535 Å². The van der Waals surface area contributed by atoms with Gasteiger partial charge in [0.15, 0.2) is 0 Å². The van der Waals surface area contributed by atoms with E-state index in [1.807, 2.05) is 82.7 Å². The number of thiazole rings is 1. The van der Waals surface area contributed by atoms with Crippen LogP contribution in [0.1, 0.15) is 87.5 Å². The molecule has 0 saturated carbocycles. The fourth-order valence-electron chi connectivity index (χ4n) is 11.2. The van der Waals surface area contributed by atoms with Crippen LogP contribution in [0.15, 0.2) is 77.3 Å². The maximum absolute atomic E-state index is 16.2. The predicted octanol–water partition coefficient (Wildman–Crippen LogP) is 5.60. The summed E-state index contributed by atoms with van der Waals surface area (Å²) in [5.74, 6) is -3.00. The van der Waals surface area contributed by atoms with E-state index in [2.05, 4.69) is 41.1 Å². The van der Waals surface area contributed by atoms with Gasteiger partial charge in [-0.15, -0.1) is 11.3 Å². The lowest BCUT2D eigenvalue weighted by Crippen LogP contribution is -2.57. The Morgan fingerprint density at radius 3 is 2.09 bits per heavy atom. The van der Waals surface area contributed by atoms with Crippen molar-refractivity contribution in [2.75, 3.05) is 114 Å². The molecule has 0 bridgehead atoms. The molecule has 0 aliphatic carbocycles. The van der Waals surface area contributed by atoms with Crippen molar-refractivity contribution in [3.05, 3.63) is 111 Å². The molecular weight excluding hydrogens is 1220 g/mol. The fraction of sp³-hybridized carbons (Fsp3) is 0.516. The van der Waals surface area contributed by atoms with E-state index in [9.17, 15) is 51.8 Å². The zero-order valence-electron chi connectivity index (χ0n) is 52.8. The molecule has 28 heteroatoms. The van der Waals surface area contributed by atoms with Gasteiger partial charge in [-0.1, -0.05) is 45.0 Å². The van der Waals surface area contributed by atoms with E-state index in [-0.39, 0.29) is 126 Å². The largest absolute Gasteiger partial charge is 0.417 e. The lowest BCUT2D eigenvalue weighted by Gasteiger charge is -2.44. The lowest BCUT2D eigenvalue weighted by atomic mass is 9.85. The Hall–Kier alpha value is -7.89. The van der Waals surface area contributed by atoms with E-state index < -0.39 is 75.9 Å². The van der Waals surface area contributed by atoms with E-state index in [1.54, 1.807) is 33.9 Å². The Kier molecular flexibility index (Phi) is 24.1. The van der Waals surface area contributed by atoms with Crippen molar-refractivity contribution in [3.63, 3.8) is 0 Å². The van der Waals surface area contributed by atoms with E-state index in [4.69, 9.17) is 14.2 Å². The number of ether oxygens (including phenoxy) is 3. The molecule has 92 heavy (non-hydrogen) atoms. The monoisotopic (exact) mass is 1300 g/mol. The summed E-state index contributed by atoms with van der Waals surface area (Å²) in [5.41, 5.74) is 1.37. The molecule has 2 aromatic carbocycles. The molecule has 3 aliphatic heterocycles. The summed E-state index contributed by atoms with van der Waals surface area (Å²) in [4.78, 5) is 113. The number of likely N-dealkylation sites (tertiary alicyclic amines) is 1. The Balaban J connectivity index is 0.686. The molecule has 23 nitrogen and oxygen atoms in total. The number of amides is 6. The van der Waals surface area contributed by atoms with Crippen LogP contribution in [-0.4, -0.2) is 200 Å². The SMILES string of the molecule is Cc1ncsc1-c1ccc(CNC(=O)[C@@H]2C[C@@H](O)CN2C(=O)[C@@H](NC(=O)CCOCCOCCOCCNC(=O)CCC(=O)N2CCN(c3ccc(-c4cc(NC(=O)c5c[nH]c(=O)cc5C(F)(F)F)c(N5C[C@@H](C)N(C)[C@@H](C)C5)cc4F)cn3)CC2)C(C)(C)C)cc1. The first-order valence-corrected chi connectivity index (χ1v) is 31.6. The number of carbonyl (C=O) groups is 6. The van der Waals surface area contributed by atoms with Crippen molar-refractivity contribution in [2.24, 2.45) is 5.41 Å². The van der Waals surface area contributed by atoms with Gasteiger partial charge in [-0.2, -0.15) is 13.2 Å². The quantitative estimate of drug-likeness (QED) is 0.0290. The molecule has 5 aromatic rings. The molecule has 8 rings (SSSR count). The molecular formula is C64H82F4N12O11S. The molecule has 0 unspecified atom stereocenters. The molecule has 6 amide bonds. The minimum atomic E-state index is -5.01. The number of pyridine rings is 2. The highest BCUT2D eigenvalue weighted by molar-refractivity contribution is 7.13. The van der Waals surface area contributed by atoms with Crippen LogP contribution < -0.4 is 36.6 Å². The second-order valence-corrected chi connectivity index (χ2v) is 25.2. The Bertz CT molecular complexity index is 3420. The number of β-amino-alcohol motifs (C(OH)–C–C–N with tert-alkyl or cyclic N) is 1.